The number of aliphatic hydroxyl groups excluding tert-OH is 1. The van der Waals surface area contributed by atoms with Crippen LogP contribution in [0.15, 0.2) is 41.7 Å². The maximum atomic E-state index is 12.8. The van der Waals surface area contributed by atoms with Gasteiger partial charge in [0.2, 0.25) is 5.91 Å². The van der Waals surface area contributed by atoms with Crippen LogP contribution in [0.3, 0.4) is 0 Å². The summed E-state index contributed by atoms with van der Waals surface area (Å²) >= 11 is 0. The lowest BCUT2D eigenvalue weighted by Crippen LogP contribution is -2.40. The standard InChI is InChI=1S/C18H18N2O3/c1-10(21)17-12-8-14(19(2)18(17)23)15-7-11-5-3-4-6-13(11)20(15)16(22)9-12/h3-7,12,14,21H,8-9H2,1-2H3/b17-10+/t12-,14+/m1/s1. The Labute approximate surface area is 133 Å². The van der Waals surface area contributed by atoms with Crippen LogP contribution in [-0.2, 0) is 4.79 Å². The fourth-order valence-electron chi connectivity index (χ4n) is 4.01. The summed E-state index contributed by atoms with van der Waals surface area (Å²) in [6.07, 6.45) is 0.909. The summed E-state index contributed by atoms with van der Waals surface area (Å²) in [5, 5.41) is 10.9. The van der Waals surface area contributed by atoms with Crippen LogP contribution in [0, 0.1) is 5.92 Å². The molecule has 2 aromatic rings. The molecular weight excluding hydrogens is 292 g/mol. The van der Waals surface area contributed by atoms with Gasteiger partial charge in [-0.2, -0.15) is 0 Å². The molecule has 5 heteroatoms. The van der Waals surface area contributed by atoms with E-state index in [-0.39, 0.29) is 36.0 Å². The molecule has 5 nitrogen and oxygen atoms in total. The van der Waals surface area contributed by atoms with Gasteiger partial charge in [-0.05, 0) is 25.5 Å². The average Bonchev–Trinajstić information content (AvgIpc) is 2.84. The van der Waals surface area contributed by atoms with Gasteiger partial charge in [-0.25, -0.2) is 0 Å². The summed E-state index contributed by atoms with van der Waals surface area (Å²) in [5.74, 6) is -0.400. The molecule has 1 amide bonds. The van der Waals surface area contributed by atoms with Gasteiger partial charge in [-0.3, -0.25) is 14.2 Å². The van der Waals surface area contributed by atoms with Crippen molar-refractivity contribution in [3.05, 3.63) is 47.4 Å². The number of aliphatic hydroxyl groups is 1. The van der Waals surface area contributed by atoms with Crippen molar-refractivity contribution < 1.29 is 14.7 Å². The van der Waals surface area contributed by atoms with Crippen LogP contribution in [0.1, 0.15) is 36.3 Å². The third-order valence-corrected chi connectivity index (χ3v) is 5.08. The zero-order valence-corrected chi connectivity index (χ0v) is 13.1. The molecule has 1 fully saturated rings. The number of likely N-dealkylation sites (N-methyl/N-ethyl adjacent to an activating group) is 1. The number of carbonyl (C=O) groups excluding carboxylic acids is 2. The number of hydrogen-bond donors (Lipinski definition) is 1. The molecule has 1 aromatic carbocycles. The summed E-state index contributed by atoms with van der Waals surface area (Å²) in [6.45, 7) is 1.52. The minimum Gasteiger partial charge on any atom is -0.512 e. The maximum Gasteiger partial charge on any atom is 0.253 e. The van der Waals surface area contributed by atoms with Crippen molar-refractivity contribution in [3.8, 4) is 0 Å². The van der Waals surface area contributed by atoms with Gasteiger partial charge in [0.05, 0.1) is 22.9 Å². The van der Waals surface area contributed by atoms with Crippen molar-refractivity contribution in [1.29, 1.82) is 0 Å². The quantitative estimate of drug-likeness (QED) is 0.601. The van der Waals surface area contributed by atoms with Gasteiger partial charge < -0.3 is 10.0 Å². The van der Waals surface area contributed by atoms with Crippen LogP contribution in [0.4, 0.5) is 0 Å². The number of rotatable bonds is 0. The Morgan fingerprint density at radius 3 is 2.74 bits per heavy atom. The van der Waals surface area contributed by atoms with Crippen molar-refractivity contribution in [2.45, 2.75) is 25.8 Å². The van der Waals surface area contributed by atoms with Crippen molar-refractivity contribution >= 4 is 22.7 Å². The van der Waals surface area contributed by atoms with Gasteiger partial charge in [-0.1, -0.05) is 18.2 Å². The fraction of sp³-hybridized carbons (Fsp3) is 0.333. The fourth-order valence-corrected chi connectivity index (χ4v) is 4.01. The third kappa shape index (κ3) is 1.86. The molecule has 1 saturated heterocycles. The Morgan fingerprint density at radius 1 is 1.26 bits per heavy atom. The minimum absolute atomic E-state index is 0.0180. The first-order valence-electron chi connectivity index (χ1n) is 7.79. The topological polar surface area (TPSA) is 62.5 Å². The summed E-state index contributed by atoms with van der Waals surface area (Å²) < 4.78 is 1.75. The molecule has 4 rings (SSSR count). The number of aromatic nitrogens is 1. The number of para-hydroxylation sites is 1. The van der Waals surface area contributed by atoms with Crippen LogP contribution in [-0.4, -0.2) is 33.4 Å². The van der Waals surface area contributed by atoms with E-state index in [2.05, 4.69) is 0 Å². The molecule has 2 atom stereocenters. The lowest BCUT2D eigenvalue weighted by atomic mass is 9.83. The van der Waals surface area contributed by atoms with E-state index in [9.17, 15) is 14.7 Å². The van der Waals surface area contributed by atoms with Gasteiger partial charge in [-0.15, -0.1) is 0 Å². The molecule has 0 spiro atoms. The molecule has 0 unspecified atom stereocenters. The molecule has 3 heterocycles. The lowest BCUT2D eigenvalue weighted by molar-refractivity contribution is -0.131. The Kier molecular flexibility index (Phi) is 2.88. The van der Waals surface area contributed by atoms with Gasteiger partial charge in [0.15, 0.2) is 0 Å². The number of fused-ring (bicyclic) bond motifs is 6. The Balaban J connectivity index is 1.96. The predicted octanol–water partition coefficient (Wildman–Crippen LogP) is 3.04. The summed E-state index contributed by atoms with van der Waals surface area (Å²) in [6, 6.07) is 9.63. The zero-order chi connectivity index (χ0) is 16.3. The highest BCUT2D eigenvalue weighted by Gasteiger charge is 2.43. The molecule has 0 saturated carbocycles. The van der Waals surface area contributed by atoms with Crippen LogP contribution in [0.25, 0.3) is 10.9 Å². The normalized spacial score (nSPS) is 26.3. The van der Waals surface area contributed by atoms with Gasteiger partial charge in [0.25, 0.3) is 5.91 Å². The number of benzene rings is 1. The third-order valence-electron chi connectivity index (χ3n) is 5.08. The first-order chi connectivity index (χ1) is 11.0. The Bertz CT molecular complexity index is 874. The van der Waals surface area contributed by atoms with Crippen molar-refractivity contribution in [3.63, 3.8) is 0 Å². The molecule has 23 heavy (non-hydrogen) atoms. The molecular formula is C18H18N2O3. The number of piperidine rings is 1. The molecule has 1 aromatic heterocycles. The minimum atomic E-state index is -0.222. The van der Waals surface area contributed by atoms with E-state index in [1.807, 2.05) is 30.3 Å². The van der Waals surface area contributed by atoms with Crippen molar-refractivity contribution in [2.75, 3.05) is 7.05 Å². The molecule has 118 valence electrons. The predicted molar refractivity (Wildman–Crippen MR) is 86.1 cm³/mol. The number of likely N-dealkylation sites (tertiary alicyclic amines) is 1. The van der Waals surface area contributed by atoms with Gasteiger partial charge in [0, 0.05) is 30.5 Å². The molecule has 0 radical (unpaired) electrons. The molecule has 0 aliphatic carbocycles. The van der Waals surface area contributed by atoms with Gasteiger partial charge >= 0.3 is 0 Å². The van der Waals surface area contributed by atoms with Crippen LogP contribution >= 0.6 is 0 Å². The van der Waals surface area contributed by atoms with Crippen molar-refractivity contribution in [2.24, 2.45) is 5.92 Å². The van der Waals surface area contributed by atoms with E-state index in [1.54, 1.807) is 16.5 Å². The number of amides is 1. The van der Waals surface area contributed by atoms with Gasteiger partial charge in [0.1, 0.15) is 0 Å². The van der Waals surface area contributed by atoms with E-state index in [4.69, 9.17) is 0 Å². The summed E-state index contributed by atoms with van der Waals surface area (Å²) in [4.78, 5) is 27.1. The van der Waals surface area contributed by atoms with E-state index < -0.39 is 0 Å². The molecule has 1 N–H and O–H groups in total. The highest BCUT2D eigenvalue weighted by atomic mass is 16.3. The van der Waals surface area contributed by atoms with E-state index in [0.29, 0.717) is 12.0 Å². The summed E-state index contributed by atoms with van der Waals surface area (Å²) in [7, 11) is 1.74. The first kappa shape index (κ1) is 14.1. The molecule has 2 bridgehead atoms. The second-order valence-corrected chi connectivity index (χ2v) is 6.42. The molecule has 2 aliphatic rings. The van der Waals surface area contributed by atoms with E-state index in [0.717, 1.165) is 16.6 Å². The lowest BCUT2D eigenvalue weighted by Gasteiger charge is -2.36. The smallest absolute Gasteiger partial charge is 0.253 e. The SMILES string of the molecule is C/C(O)=C1\C(=O)N(C)[C@H]2C[C@@H]1CC(=O)n1c2cc2ccccc21. The number of allylic oxidation sites excluding steroid dienone is 1. The van der Waals surface area contributed by atoms with E-state index in [1.165, 1.54) is 6.92 Å². The second-order valence-electron chi connectivity index (χ2n) is 6.42. The average molecular weight is 310 g/mol. The van der Waals surface area contributed by atoms with E-state index >= 15 is 0 Å². The van der Waals surface area contributed by atoms with Crippen LogP contribution in [0.5, 0.6) is 0 Å². The number of carbonyl (C=O) groups is 2. The summed E-state index contributed by atoms with van der Waals surface area (Å²) in [5.41, 5.74) is 2.13. The Hall–Kier alpha value is -2.56. The monoisotopic (exact) mass is 310 g/mol. The highest BCUT2D eigenvalue weighted by Crippen LogP contribution is 2.43. The number of hydrogen-bond acceptors (Lipinski definition) is 3. The van der Waals surface area contributed by atoms with Crippen molar-refractivity contribution in [1.82, 2.24) is 9.47 Å². The maximum absolute atomic E-state index is 12.8. The number of nitrogens with zero attached hydrogens (tertiary/aromatic N) is 2. The largest absolute Gasteiger partial charge is 0.512 e. The molecule has 2 aliphatic heterocycles. The highest BCUT2D eigenvalue weighted by molar-refractivity contribution is 5.99. The van der Waals surface area contributed by atoms with Crippen LogP contribution in [0.2, 0.25) is 0 Å². The zero-order valence-electron chi connectivity index (χ0n) is 13.1. The van der Waals surface area contributed by atoms with Crippen LogP contribution < -0.4 is 0 Å². The Morgan fingerprint density at radius 2 is 2.00 bits per heavy atom. The second kappa shape index (κ2) is 4.72. The first-order valence-corrected chi connectivity index (χ1v) is 7.79.